The second-order valence-electron chi connectivity index (χ2n) is 7.30. The van der Waals surface area contributed by atoms with Gasteiger partial charge in [0.15, 0.2) is 22.4 Å². The molecule has 0 radical (unpaired) electrons. The van der Waals surface area contributed by atoms with Crippen LogP contribution < -0.4 is 20.3 Å². The minimum Gasteiger partial charge on any atom is -0.493 e. The second kappa shape index (κ2) is 9.01. The van der Waals surface area contributed by atoms with Gasteiger partial charge in [-0.05, 0) is 37.5 Å². The van der Waals surface area contributed by atoms with Crippen LogP contribution in [0.4, 0.5) is 5.82 Å². The molecule has 1 aliphatic heterocycles. The van der Waals surface area contributed by atoms with Gasteiger partial charge in [0, 0.05) is 29.4 Å². The molecule has 1 aromatic carbocycles. The van der Waals surface area contributed by atoms with Gasteiger partial charge < -0.3 is 19.8 Å². The fraction of sp³-hybridized carbons (Fsp3) is 0.348. The molecule has 162 valence electrons. The SMILES string of the molecule is C=CCSc1nc2c(c(=O)[nH]1)C(c1ccc(OCC)c(OC)c1)C1=C(CCCC1=O)N2. The van der Waals surface area contributed by atoms with Gasteiger partial charge in [0.1, 0.15) is 5.82 Å². The molecule has 31 heavy (non-hydrogen) atoms. The monoisotopic (exact) mass is 439 g/mol. The van der Waals surface area contributed by atoms with Crippen molar-refractivity contribution < 1.29 is 14.3 Å². The fourth-order valence-electron chi connectivity index (χ4n) is 4.12. The van der Waals surface area contributed by atoms with Crippen LogP contribution in [0.25, 0.3) is 0 Å². The van der Waals surface area contributed by atoms with Crippen molar-refractivity contribution in [3.05, 3.63) is 63.6 Å². The molecule has 0 fully saturated rings. The zero-order valence-corrected chi connectivity index (χ0v) is 18.4. The van der Waals surface area contributed by atoms with Crippen molar-refractivity contribution >= 4 is 23.4 Å². The number of allylic oxidation sites excluding steroid dienone is 2. The van der Waals surface area contributed by atoms with Crippen LogP contribution in [0, 0.1) is 0 Å². The third-order valence-electron chi connectivity index (χ3n) is 5.40. The number of thioether (sulfide) groups is 1. The van der Waals surface area contributed by atoms with E-state index in [1.807, 2.05) is 25.1 Å². The molecule has 0 saturated heterocycles. The molecule has 0 saturated carbocycles. The second-order valence-corrected chi connectivity index (χ2v) is 8.31. The summed E-state index contributed by atoms with van der Waals surface area (Å²) in [5.41, 5.74) is 2.47. The molecule has 4 rings (SSSR count). The lowest BCUT2D eigenvalue weighted by atomic mass is 9.76. The summed E-state index contributed by atoms with van der Waals surface area (Å²) in [6, 6.07) is 5.56. The van der Waals surface area contributed by atoms with Crippen molar-refractivity contribution in [1.82, 2.24) is 9.97 Å². The van der Waals surface area contributed by atoms with E-state index in [0.29, 0.717) is 52.4 Å². The fourth-order valence-corrected chi connectivity index (χ4v) is 4.71. The van der Waals surface area contributed by atoms with E-state index in [4.69, 9.17) is 9.47 Å². The molecular formula is C23H25N3O4S. The molecule has 0 spiro atoms. The summed E-state index contributed by atoms with van der Waals surface area (Å²) in [5.74, 6) is 1.86. The maximum Gasteiger partial charge on any atom is 0.257 e. The number of anilines is 1. The minimum atomic E-state index is -0.515. The zero-order chi connectivity index (χ0) is 22.0. The van der Waals surface area contributed by atoms with Crippen molar-refractivity contribution in [3.63, 3.8) is 0 Å². The number of aromatic nitrogens is 2. The maximum atomic E-state index is 13.2. The van der Waals surface area contributed by atoms with Crippen LogP contribution in [0.3, 0.4) is 0 Å². The van der Waals surface area contributed by atoms with E-state index >= 15 is 0 Å². The van der Waals surface area contributed by atoms with Crippen LogP contribution >= 0.6 is 11.8 Å². The molecule has 0 amide bonds. The summed E-state index contributed by atoms with van der Waals surface area (Å²) in [6.45, 7) is 6.13. The van der Waals surface area contributed by atoms with Gasteiger partial charge in [0.05, 0.1) is 19.3 Å². The predicted molar refractivity (Wildman–Crippen MR) is 121 cm³/mol. The van der Waals surface area contributed by atoms with Gasteiger partial charge in [0.25, 0.3) is 5.56 Å². The zero-order valence-electron chi connectivity index (χ0n) is 17.6. The van der Waals surface area contributed by atoms with Crippen molar-refractivity contribution in [1.29, 1.82) is 0 Å². The number of carbonyl (C=O) groups excluding carboxylic acids is 1. The van der Waals surface area contributed by atoms with Gasteiger partial charge in [-0.1, -0.05) is 23.9 Å². The van der Waals surface area contributed by atoms with Crippen molar-refractivity contribution in [2.24, 2.45) is 0 Å². The summed E-state index contributed by atoms with van der Waals surface area (Å²) in [7, 11) is 1.58. The average Bonchev–Trinajstić information content (AvgIpc) is 2.77. The van der Waals surface area contributed by atoms with E-state index in [2.05, 4.69) is 21.9 Å². The molecule has 1 unspecified atom stereocenters. The third kappa shape index (κ3) is 3.99. The lowest BCUT2D eigenvalue weighted by Gasteiger charge is -2.33. The Bertz CT molecular complexity index is 1120. The van der Waals surface area contributed by atoms with Crippen LogP contribution in [-0.4, -0.2) is 35.2 Å². The molecule has 1 aliphatic carbocycles. The van der Waals surface area contributed by atoms with Crippen LogP contribution in [0.5, 0.6) is 11.5 Å². The normalized spacial score (nSPS) is 17.5. The smallest absolute Gasteiger partial charge is 0.257 e. The molecule has 1 aromatic heterocycles. The predicted octanol–water partition coefficient (Wildman–Crippen LogP) is 4.02. The molecule has 2 aliphatic rings. The first-order chi connectivity index (χ1) is 15.1. The van der Waals surface area contributed by atoms with E-state index in [-0.39, 0.29) is 11.3 Å². The highest BCUT2D eigenvalue weighted by Gasteiger charge is 2.38. The van der Waals surface area contributed by atoms with Gasteiger partial charge in [-0.3, -0.25) is 9.59 Å². The van der Waals surface area contributed by atoms with Crippen LogP contribution in [0.1, 0.15) is 43.2 Å². The lowest BCUT2D eigenvalue weighted by Crippen LogP contribution is -2.32. The van der Waals surface area contributed by atoms with Gasteiger partial charge >= 0.3 is 0 Å². The van der Waals surface area contributed by atoms with Crippen molar-refractivity contribution in [3.8, 4) is 11.5 Å². The number of methoxy groups -OCH3 is 1. The molecular weight excluding hydrogens is 414 g/mol. The first-order valence-corrected chi connectivity index (χ1v) is 11.3. The van der Waals surface area contributed by atoms with E-state index in [0.717, 1.165) is 24.1 Å². The summed E-state index contributed by atoms with van der Waals surface area (Å²) < 4.78 is 11.2. The van der Waals surface area contributed by atoms with Crippen LogP contribution in [0.15, 0.2) is 52.1 Å². The van der Waals surface area contributed by atoms with Crippen LogP contribution in [-0.2, 0) is 4.79 Å². The number of fused-ring (bicyclic) bond motifs is 1. The molecule has 2 N–H and O–H groups in total. The Morgan fingerprint density at radius 1 is 1.29 bits per heavy atom. The van der Waals surface area contributed by atoms with Gasteiger partial charge in [-0.15, -0.1) is 6.58 Å². The Morgan fingerprint density at radius 2 is 2.13 bits per heavy atom. The van der Waals surface area contributed by atoms with E-state index < -0.39 is 5.92 Å². The Morgan fingerprint density at radius 3 is 2.87 bits per heavy atom. The summed E-state index contributed by atoms with van der Waals surface area (Å²) >= 11 is 1.40. The number of carbonyl (C=O) groups is 1. The molecule has 1 atom stereocenters. The van der Waals surface area contributed by atoms with E-state index in [9.17, 15) is 9.59 Å². The van der Waals surface area contributed by atoms with Gasteiger partial charge in [0.2, 0.25) is 0 Å². The van der Waals surface area contributed by atoms with Gasteiger partial charge in [-0.2, -0.15) is 0 Å². The summed E-state index contributed by atoms with van der Waals surface area (Å²) in [5, 5.41) is 3.80. The number of rotatable bonds is 7. The Balaban J connectivity index is 1.89. The van der Waals surface area contributed by atoms with E-state index in [1.165, 1.54) is 11.8 Å². The topological polar surface area (TPSA) is 93.3 Å². The Labute approximate surface area is 185 Å². The number of ketones is 1. The minimum absolute atomic E-state index is 0.0572. The molecule has 2 aromatic rings. The van der Waals surface area contributed by atoms with Crippen molar-refractivity contribution in [2.45, 2.75) is 37.3 Å². The first kappa shape index (κ1) is 21.2. The number of hydrogen-bond acceptors (Lipinski definition) is 7. The highest BCUT2D eigenvalue weighted by atomic mass is 32.2. The summed E-state index contributed by atoms with van der Waals surface area (Å²) in [4.78, 5) is 33.6. The quantitative estimate of drug-likeness (QED) is 0.382. The number of ether oxygens (including phenoxy) is 2. The number of aromatic amines is 1. The maximum absolute atomic E-state index is 13.2. The molecule has 0 bridgehead atoms. The number of benzene rings is 1. The number of H-pyrrole nitrogens is 1. The highest BCUT2D eigenvalue weighted by molar-refractivity contribution is 7.99. The van der Waals surface area contributed by atoms with E-state index in [1.54, 1.807) is 13.2 Å². The highest BCUT2D eigenvalue weighted by Crippen LogP contribution is 2.45. The Kier molecular flexibility index (Phi) is 6.18. The summed E-state index contributed by atoms with van der Waals surface area (Å²) in [6.07, 6.45) is 3.75. The standard InChI is InChI=1S/C23H25N3O4S/c1-4-11-31-23-25-21-20(22(28)26-23)18(19-14(24-21)7-6-8-15(19)27)13-9-10-16(30-5-2)17(12-13)29-3/h4,9-10,12,18H,1,5-8,11H2,2-3H3,(H2,24,25,26,28). The molecule has 8 heteroatoms. The Hall–Kier alpha value is -3.00. The van der Waals surface area contributed by atoms with Crippen molar-refractivity contribution in [2.75, 3.05) is 24.8 Å². The van der Waals surface area contributed by atoms with Gasteiger partial charge in [-0.25, -0.2) is 4.98 Å². The lowest BCUT2D eigenvalue weighted by molar-refractivity contribution is -0.116. The first-order valence-electron chi connectivity index (χ1n) is 10.3. The molecule has 7 nitrogen and oxygen atoms in total. The number of hydrogen-bond donors (Lipinski definition) is 2. The molecule has 2 heterocycles. The average molecular weight is 440 g/mol. The number of nitrogens with zero attached hydrogens (tertiary/aromatic N) is 1. The largest absolute Gasteiger partial charge is 0.493 e. The number of Topliss-reactive ketones (excluding diaryl/α,β-unsaturated/α-hetero) is 1. The third-order valence-corrected chi connectivity index (χ3v) is 6.26. The number of nitrogens with one attached hydrogen (secondary N) is 2. The van der Waals surface area contributed by atoms with Crippen LogP contribution in [0.2, 0.25) is 0 Å².